The van der Waals surface area contributed by atoms with Crippen LogP contribution in [0.4, 0.5) is 10.5 Å². The average molecular weight is 325 g/mol. The summed E-state index contributed by atoms with van der Waals surface area (Å²) in [6.07, 6.45) is 8.33. The SMILES string of the molecule is O=C(NCc1ccco1)Nc1cccn2c(C3CCCC3)nnc12. The molecule has 1 aliphatic rings. The van der Waals surface area contributed by atoms with E-state index in [1.165, 1.54) is 12.8 Å². The summed E-state index contributed by atoms with van der Waals surface area (Å²) in [5.74, 6) is 2.15. The van der Waals surface area contributed by atoms with Gasteiger partial charge in [-0.15, -0.1) is 10.2 Å². The van der Waals surface area contributed by atoms with Crippen molar-refractivity contribution in [1.82, 2.24) is 19.9 Å². The number of carbonyl (C=O) groups is 1. The quantitative estimate of drug-likeness (QED) is 0.771. The van der Waals surface area contributed by atoms with E-state index in [9.17, 15) is 4.79 Å². The van der Waals surface area contributed by atoms with Gasteiger partial charge in [-0.05, 0) is 37.1 Å². The molecule has 2 amide bonds. The van der Waals surface area contributed by atoms with E-state index in [-0.39, 0.29) is 6.03 Å². The minimum atomic E-state index is -0.301. The van der Waals surface area contributed by atoms with Crippen molar-refractivity contribution >= 4 is 17.4 Å². The highest BCUT2D eigenvalue weighted by Gasteiger charge is 2.23. The van der Waals surface area contributed by atoms with Crippen LogP contribution in [0.15, 0.2) is 41.1 Å². The Hall–Kier alpha value is -2.83. The van der Waals surface area contributed by atoms with Gasteiger partial charge in [-0.2, -0.15) is 0 Å². The predicted octanol–water partition coefficient (Wildman–Crippen LogP) is 3.30. The number of pyridine rings is 1. The second kappa shape index (κ2) is 6.35. The summed E-state index contributed by atoms with van der Waals surface area (Å²) >= 11 is 0. The van der Waals surface area contributed by atoms with E-state index in [0.717, 1.165) is 18.7 Å². The van der Waals surface area contributed by atoms with Gasteiger partial charge >= 0.3 is 6.03 Å². The van der Waals surface area contributed by atoms with E-state index in [1.807, 2.05) is 28.8 Å². The van der Waals surface area contributed by atoms with Crippen molar-refractivity contribution < 1.29 is 9.21 Å². The van der Waals surface area contributed by atoms with E-state index in [4.69, 9.17) is 4.42 Å². The predicted molar refractivity (Wildman–Crippen MR) is 88.8 cm³/mol. The van der Waals surface area contributed by atoms with Crippen molar-refractivity contribution in [2.24, 2.45) is 0 Å². The smallest absolute Gasteiger partial charge is 0.319 e. The number of urea groups is 1. The molecule has 124 valence electrons. The molecular formula is C17H19N5O2. The highest BCUT2D eigenvalue weighted by molar-refractivity contribution is 5.92. The molecule has 4 rings (SSSR count). The molecule has 2 N–H and O–H groups in total. The van der Waals surface area contributed by atoms with Crippen LogP contribution in [-0.2, 0) is 6.54 Å². The van der Waals surface area contributed by atoms with Gasteiger partial charge in [-0.25, -0.2) is 4.79 Å². The molecule has 3 aromatic rings. The van der Waals surface area contributed by atoms with Gasteiger partial charge in [0.1, 0.15) is 11.6 Å². The molecule has 0 radical (unpaired) electrons. The van der Waals surface area contributed by atoms with Crippen LogP contribution < -0.4 is 10.6 Å². The molecule has 24 heavy (non-hydrogen) atoms. The molecule has 3 aromatic heterocycles. The van der Waals surface area contributed by atoms with Crippen molar-refractivity contribution in [3.8, 4) is 0 Å². The first-order chi connectivity index (χ1) is 11.8. The van der Waals surface area contributed by atoms with Crippen LogP contribution in [0.1, 0.15) is 43.2 Å². The Morgan fingerprint density at radius 1 is 1.25 bits per heavy atom. The van der Waals surface area contributed by atoms with Crippen LogP contribution in [-0.4, -0.2) is 20.6 Å². The Labute approximate surface area is 139 Å². The lowest BCUT2D eigenvalue weighted by Gasteiger charge is -2.09. The highest BCUT2D eigenvalue weighted by Crippen LogP contribution is 2.33. The van der Waals surface area contributed by atoms with E-state index in [0.29, 0.717) is 29.6 Å². The third-order valence-corrected chi connectivity index (χ3v) is 4.43. The summed E-state index contributed by atoms with van der Waals surface area (Å²) in [6.45, 7) is 0.335. The third-order valence-electron chi connectivity index (χ3n) is 4.43. The Kier molecular flexibility index (Phi) is 3.90. The number of rotatable bonds is 4. The first-order valence-corrected chi connectivity index (χ1v) is 8.22. The molecule has 0 unspecified atom stereocenters. The van der Waals surface area contributed by atoms with Crippen molar-refractivity contribution in [3.63, 3.8) is 0 Å². The number of aromatic nitrogens is 3. The van der Waals surface area contributed by atoms with Crippen molar-refractivity contribution in [3.05, 3.63) is 48.3 Å². The van der Waals surface area contributed by atoms with E-state index in [1.54, 1.807) is 12.3 Å². The van der Waals surface area contributed by atoms with Gasteiger partial charge in [-0.3, -0.25) is 4.40 Å². The van der Waals surface area contributed by atoms with Gasteiger partial charge in [0, 0.05) is 12.1 Å². The van der Waals surface area contributed by atoms with Gasteiger partial charge in [-0.1, -0.05) is 12.8 Å². The third kappa shape index (κ3) is 2.84. The lowest BCUT2D eigenvalue weighted by atomic mass is 10.1. The van der Waals surface area contributed by atoms with E-state index >= 15 is 0 Å². The van der Waals surface area contributed by atoms with Crippen LogP contribution >= 0.6 is 0 Å². The largest absolute Gasteiger partial charge is 0.467 e. The van der Waals surface area contributed by atoms with Crippen LogP contribution in [0.3, 0.4) is 0 Å². The fourth-order valence-electron chi connectivity index (χ4n) is 3.24. The lowest BCUT2D eigenvalue weighted by Crippen LogP contribution is -2.28. The minimum Gasteiger partial charge on any atom is -0.467 e. The molecule has 0 atom stereocenters. The molecule has 0 aliphatic heterocycles. The van der Waals surface area contributed by atoms with Crippen LogP contribution in [0.2, 0.25) is 0 Å². The molecule has 0 spiro atoms. The fraction of sp³-hybridized carbons (Fsp3) is 0.353. The summed E-state index contributed by atoms with van der Waals surface area (Å²) in [4.78, 5) is 12.1. The highest BCUT2D eigenvalue weighted by atomic mass is 16.3. The fourth-order valence-corrected chi connectivity index (χ4v) is 3.24. The lowest BCUT2D eigenvalue weighted by molar-refractivity contribution is 0.251. The van der Waals surface area contributed by atoms with Crippen LogP contribution in [0.5, 0.6) is 0 Å². The molecule has 1 fully saturated rings. The first-order valence-electron chi connectivity index (χ1n) is 8.22. The molecule has 1 saturated carbocycles. The summed E-state index contributed by atoms with van der Waals surface area (Å²) in [7, 11) is 0. The van der Waals surface area contributed by atoms with Gasteiger partial charge in [0.05, 0.1) is 18.5 Å². The number of fused-ring (bicyclic) bond motifs is 1. The van der Waals surface area contributed by atoms with Crippen molar-refractivity contribution in [2.75, 3.05) is 5.32 Å². The second-order valence-electron chi connectivity index (χ2n) is 6.04. The molecule has 1 aliphatic carbocycles. The van der Waals surface area contributed by atoms with E-state index in [2.05, 4.69) is 20.8 Å². The maximum atomic E-state index is 12.1. The summed E-state index contributed by atoms with van der Waals surface area (Å²) < 4.78 is 7.18. The zero-order valence-corrected chi connectivity index (χ0v) is 13.2. The van der Waals surface area contributed by atoms with Crippen molar-refractivity contribution in [2.45, 2.75) is 38.1 Å². The number of nitrogens with zero attached hydrogens (tertiary/aromatic N) is 3. The Bertz CT molecular complexity index is 834. The van der Waals surface area contributed by atoms with Gasteiger partial charge in [0.25, 0.3) is 0 Å². The minimum absolute atomic E-state index is 0.301. The van der Waals surface area contributed by atoms with Gasteiger partial charge in [0.15, 0.2) is 5.65 Å². The Morgan fingerprint density at radius 3 is 2.92 bits per heavy atom. The van der Waals surface area contributed by atoms with E-state index < -0.39 is 0 Å². The molecule has 0 aromatic carbocycles. The van der Waals surface area contributed by atoms with Crippen LogP contribution in [0, 0.1) is 0 Å². The number of furan rings is 1. The van der Waals surface area contributed by atoms with Gasteiger partial charge in [0.2, 0.25) is 0 Å². The second-order valence-corrected chi connectivity index (χ2v) is 6.04. The number of hydrogen-bond acceptors (Lipinski definition) is 4. The standard InChI is InChI=1S/C17H19N5O2/c23-17(18-11-13-7-4-10-24-13)19-14-8-3-9-22-15(20-21-16(14)22)12-5-1-2-6-12/h3-4,7-10,12H,1-2,5-6,11H2,(H2,18,19,23). The zero-order valence-electron chi connectivity index (χ0n) is 13.2. The number of nitrogens with one attached hydrogen (secondary N) is 2. The average Bonchev–Trinajstić information content (AvgIpc) is 3.33. The number of hydrogen-bond donors (Lipinski definition) is 2. The molecule has 7 nitrogen and oxygen atoms in total. The Balaban J connectivity index is 1.50. The number of anilines is 1. The van der Waals surface area contributed by atoms with Gasteiger partial charge < -0.3 is 15.1 Å². The summed E-state index contributed by atoms with van der Waals surface area (Å²) in [5, 5.41) is 14.2. The summed E-state index contributed by atoms with van der Waals surface area (Å²) in [5.41, 5.74) is 1.32. The normalized spacial score (nSPS) is 15.0. The zero-order chi connectivity index (χ0) is 16.4. The van der Waals surface area contributed by atoms with Crippen LogP contribution in [0.25, 0.3) is 5.65 Å². The molecule has 3 heterocycles. The van der Waals surface area contributed by atoms with Crippen molar-refractivity contribution in [1.29, 1.82) is 0 Å². The maximum absolute atomic E-state index is 12.1. The topological polar surface area (TPSA) is 84.5 Å². The molecule has 0 bridgehead atoms. The first kappa shape index (κ1) is 14.7. The summed E-state index contributed by atoms with van der Waals surface area (Å²) in [6, 6.07) is 7.03. The molecule has 0 saturated heterocycles. The number of carbonyl (C=O) groups excluding carboxylic acids is 1. The maximum Gasteiger partial charge on any atom is 0.319 e. The monoisotopic (exact) mass is 325 g/mol. The number of amides is 2. The molecule has 7 heteroatoms. The molecular weight excluding hydrogens is 306 g/mol. The Morgan fingerprint density at radius 2 is 2.12 bits per heavy atom.